The van der Waals surface area contributed by atoms with Gasteiger partial charge in [0.25, 0.3) is 0 Å². The Morgan fingerprint density at radius 3 is 2.84 bits per heavy atom. The number of piperazine rings is 1. The Morgan fingerprint density at radius 2 is 2.11 bits per heavy atom. The predicted molar refractivity (Wildman–Crippen MR) is 79.2 cm³/mol. The van der Waals surface area contributed by atoms with Crippen molar-refractivity contribution in [2.75, 3.05) is 33.2 Å². The highest BCUT2D eigenvalue weighted by Gasteiger charge is 2.14. The Hall–Kier alpha value is -1.23. The van der Waals surface area contributed by atoms with Crippen LogP contribution in [0, 0.1) is 5.38 Å². The summed E-state index contributed by atoms with van der Waals surface area (Å²) in [5.74, 6) is 0. The zero-order chi connectivity index (χ0) is 13.1. The number of thiophene rings is 1. The lowest BCUT2D eigenvalue weighted by Gasteiger charge is -2.32. The first kappa shape index (κ1) is 12.8. The van der Waals surface area contributed by atoms with Crippen LogP contribution in [-0.4, -0.2) is 48.0 Å². The third-order valence-corrected chi connectivity index (χ3v) is 4.42. The first-order valence-electron chi connectivity index (χ1n) is 6.64. The molecule has 1 aliphatic heterocycles. The van der Waals surface area contributed by atoms with Crippen LogP contribution in [0.4, 0.5) is 0 Å². The van der Waals surface area contributed by atoms with E-state index in [9.17, 15) is 0 Å². The van der Waals surface area contributed by atoms with Gasteiger partial charge in [0.2, 0.25) is 0 Å². The fourth-order valence-corrected chi connectivity index (χ4v) is 3.09. The van der Waals surface area contributed by atoms with Gasteiger partial charge in [-0.25, -0.2) is 0 Å². The third kappa shape index (κ3) is 3.21. The van der Waals surface area contributed by atoms with Crippen LogP contribution in [0.25, 0.3) is 10.6 Å². The quantitative estimate of drug-likeness (QED) is 0.855. The van der Waals surface area contributed by atoms with Crippen molar-refractivity contribution in [2.45, 2.75) is 6.54 Å². The first-order chi connectivity index (χ1) is 9.31. The topological polar surface area (TPSA) is 19.4 Å². The number of hydrogen-bond donors (Lipinski definition) is 0. The normalized spacial score (nSPS) is 17.7. The highest BCUT2D eigenvalue weighted by molar-refractivity contribution is 7.13. The Kier molecular flexibility index (Phi) is 3.92. The summed E-state index contributed by atoms with van der Waals surface area (Å²) in [4.78, 5) is 10.5. The molecule has 3 rings (SSSR count). The van der Waals surface area contributed by atoms with E-state index in [1.54, 1.807) is 11.3 Å². The Bertz CT molecular complexity index is 515. The molecule has 4 heteroatoms. The number of pyridine rings is 1. The average Bonchev–Trinajstić information content (AvgIpc) is 2.91. The second-order valence-electron chi connectivity index (χ2n) is 5.03. The summed E-state index contributed by atoms with van der Waals surface area (Å²) in [6, 6.07) is 8.26. The molecule has 0 amide bonds. The van der Waals surface area contributed by atoms with Gasteiger partial charge in [-0.05, 0) is 30.8 Å². The molecule has 19 heavy (non-hydrogen) atoms. The maximum absolute atomic E-state index is 4.39. The molecule has 0 aromatic carbocycles. The molecule has 0 saturated carbocycles. The Balaban J connectivity index is 1.65. The second-order valence-corrected chi connectivity index (χ2v) is 5.88. The maximum Gasteiger partial charge on any atom is 0.0801 e. The van der Waals surface area contributed by atoms with E-state index in [0.29, 0.717) is 0 Å². The molecule has 0 N–H and O–H groups in total. The lowest BCUT2D eigenvalue weighted by molar-refractivity contribution is 0.148. The van der Waals surface area contributed by atoms with Crippen LogP contribution >= 0.6 is 11.3 Å². The van der Waals surface area contributed by atoms with Crippen molar-refractivity contribution >= 4 is 11.3 Å². The van der Waals surface area contributed by atoms with E-state index in [1.807, 2.05) is 18.3 Å². The minimum absolute atomic E-state index is 1.01. The smallest absolute Gasteiger partial charge is 0.0801 e. The van der Waals surface area contributed by atoms with E-state index in [-0.39, 0.29) is 0 Å². The number of likely N-dealkylation sites (N-methyl/N-ethyl adjacent to an activating group) is 1. The molecule has 0 aliphatic carbocycles. The molecule has 1 fully saturated rings. The summed E-state index contributed by atoms with van der Waals surface area (Å²) in [6.45, 7) is 5.64. The van der Waals surface area contributed by atoms with Gasteiger partial charge in [-0.3, -0.25) is 9.88 Å². The minimum atomic E-state index is 1.01. The average molecular weight is 272 g/mol. The highest BCUT2D eigenvalue weighted by Crippen LogP contribution is 2.25. The molecule has 3 heterocycles. The van der Waals surface area contributed by atoms with Gasteiger partial charge in [0.05, 0.1) is 10.6 Å². The van der Waals surface area contributed by atoms with E-state index in [0.717, 1.165) is 38.4 Å². The van der Waals surface area contributed by atoms with Gasteiger partial charge < -0.3 is 4.90 Å². The molecule has 3 nitrogen and oxygen atoms in total. The van der Waals surface area contributed by atoms with Crippen LogP contribution in [0.3, 0.4) is 0 Å². The Labute approximate surface area is 118 Å². The van der Waals surface area contributed by atoms with Crippen molar-refractivity contribution in [3.63, 3.8) is 0 Å². The van der Waals surface area contributed by atoms with E-state index >= 15 is 0 Å². The van der Waals surface area contributed by atoms with E-state index in [2.05, 4.69) is 39.3 Å². The van der Waals surface area contributed by atoms with Crippen molar-refractivity contribution in [3.05, 3.63) is 41.4 Å². The van der Waals surface area contributed by atoms with Crippen LogP contribution < -0.4 is 0 Å². The molecule has 1 saturated heterocycles. The number of nitrogens with zero attached hydrogens (tertiary/aromatic N) is 3. The highest BCUT2D eigenvalue weighted by atomic mass is 32.1. The number of aromatic nitrogens is 1. The fraction of sp³-hybridized carbons (Fsp3) is 0.400. The molecule has 2 aromatic heterocycles. The molecule has 2 aromatic rings. The van der Waals surface area contributed by atoms with Gasteiger partial charge in [0, 0.05) is 44.3 Å². The van der Waals surface area contributed by atoms with Crippen LogP contribution in [0.2, 0.25) is 0 Å². The zero-order valence-electron chi connectivity index (χ0n) is 11.2. The van der Waals surface area contributed by atoms with Crippen molar-refractivity contribution < 1.29 is 0 Å². The lowest BCUT2D eigenvalue weighted by atomic mass is 10.2. The minimum Gasteiger partial charge on any atom is -0.304 e. The summed E-state index contributed by atoms with van der Waals surface area (Å²) in [7, 11) is 2.19. The van der Waals surface area contributed by atoms with Gasteiger partial charge >= 0.3 is 0 Å². The largest absolute Gasteiger partial charge is 0.304 e. The van der Waals surface area contributed by atoms with Crippen LogP contribution in [-0.2, 0) is 6.54 Å². The fourth-order valence-electron chi connectivity index (χ4n) is 2.30. The molecule has 0 atom stereocenters. The van der Waals surface area contributed by atoms with Crippen molar-refractivity contribution in [3.8, 4) is 10.6 Å². The summed E-state index contributed by atoms with van der Waals surface area (Å²) in [5.41, 5.74) is 2.34. The molecule has 1 aliphatic rings. The summed E-state index contributed by atoms with van der Waals surface area (Å²) >= 11 is 1.67. The summed E-state index contributed by atoms with van der Waals surface area (Å²) < 4.78 is 0. The van der Waals surface area contributed by atoms with Crippen LogP contribution in [0.1, 0.15) is 5.56 Å². The monoisotopic (exact) mass is 272 g/mol. The summed E-state index contributed by atoms with van der Waals surface area (Å²) in [5, 5.41) is 3.41. The molecule has 0 bridgehead atoms. The van der Waals surface area contributed by atoms with Gasteiger partial charge in [0.15, 0.2) is 0 Å². The molecule has 0 spiro atoms. The van der Waals surface area contributed by atoms with Crippen molar-refractivity contribution in [1.82, 2.24) is 14.8 Å². The first-order valence-corrected chi connectivity index (χ1v) is 7.45. The van der Waals surface area contributed by atoms with Crippen molar-refractivity contribution in [2.24, 2.45) is 0 Å². The number of rotatable bonds is 3. The molecule has 99 valence electrons. The van der Waals surface area contributed by atoms with Crippen molar-refractivity contribution in [1.29, 1.82) is 0 Å². The van der Waals surface area contributed by atoms with Gasteiger partial charge in [-0.1, -0.05) is 6.07 Å². The third-order valence-electron chi connectivity index (χ3n) is 3.50. The van der Waals surface area contributed by atoms with Crippen LogP contribution in [0.5, 0.6) is 0 Å². The standard InChI is InChI=1S/C15H18N3S/c1-17-6-8-18(9-7-17)11-13-10-15(19-12-13)14-4-2-3-5-16-14/h2-5,10H,6-9,11H2,1H3. The predicted octanol–water partition coefficient (Wildman–Crippen LogP) is 2.36. The van der Waals surface area contributed by atoms with Gasteiger partial charge in [-0.15, -0.1) is 11.3 Å². The SMILES string of the molecule is CN1CCN(Cc2[c]sc(-c3ccccn3)c2)CC1. The number of hydrogen-bond acceptors (Lipinski definition) is 4. The molecular formula is C15H18N3S. The van der Waals surface area contributed by atoms with E-state index in [4.69, 9.17) is 0 Å². The van der Waals surface area contributed by atoms with Gasteiger partial charge in [0.1, 0.15) is 0 Å². The lowest BCUT2D eigenvalue weighted by Crippen LogP contribution is -2.43. The zero-order valence-corrected chi connectivity index (χ0v) is 12.0. The van der Waals surface area contributed by atoms with Crippen LogP contribution in [0.15, 0.2) is 30.5 Å². The molecular weight excluding hydrogens is 254 g/mol. The second kappa shape index (κ2) is 5.82. The summed E-state index contributed by atoms with van der Waals surface area (Å²) in [6.07, 6.45) is 1.84. The Morgan fingerprint density at radius 1 is 1.26 bits per heavy atom. The molecule has 1 radical (unpaired) electrons. The van der Waals surface area contributed by atoms with Gasteiger partial charge in [-0.2, -0.15) is 0 Å². The molecule has 0 unspecified atom stereocenters. The van der Waals surface area contributed by atoms with E-state index in [1.165, 1.54) is 10.4 Å². The van der Waals surface area contributed by atoms with E-state index < -0.39 is 0 Å². The maximum atomic E-state index is 4.39.